The van der Waals surface area contributed by atoms with Crippen molar-refractivity contribution in [2.75, 3.05) is 13.7 Å². The highest BCUT2D eigenvalue weighted by atomic mass is 16.6. The normalized spacial score (nSPS) is 10.3. The lowest BCUT2D eigenvalue weighted by molar-refractivity contribution is -0.142. The van der Waals surface area contributed by atoms with Crippen LogP contribution in [0.2, 0.25) is 0 Å². The van der Waals surface area contributed by atoms with Crippen LogP contribution in [-0.4, -0.2) is 24.8 Å². The minimum Gasteiger partial charge on any atom is -0.507 e. The molecule has 0 atom stereocenters. The summed E-state index contributed by atoms with van der Waals surface area (Å²) >= 11 is 0. The van der Waals surface area contributed by atoms with Gasteiger partial charge in [0.1, 0.15) is 22.5 Å². The predicted molar refractivity (Wildman–Crippen MR) is 61.7 cm³/mol. The van der Waals surface area contributed by atoms with Crippen LogP contribution in [0.5, 0.6) is 11.5 Å². The zero-order valence-corrected chi connectivity index (χ0v) is 9.50. The number of fused-ring (bicyclic) bond motifs is 1. The van der Waals surface area contributed by atoms with Crippen LogP contribution in [0.3, 0.4) is 0 Å². The fourth-order valence-corrected chi connectivity index (χ4v) is 1.45. The first-order chi connectivity index (χ1) is 8.61. The largest absolute Gasteiger partial charge is 0.507 e. The van der Waals surface area contributed by atoms with E-state index in [4.69, 9.17) is 9.15 Å². The number of carbonyl (C=O) groups excluding carboxylic acids is 1. The topological polar surface area (TPSA) is 86.0 Å². The molecule has 0 aliphatic carbocycles. The lowest BCUT2D eigenvalue weighted by Crippen LogP contribution is -2.12. The van der Waals surface area contributed by atoms with Gasteiger partial charge in [-0.25, -0.2) is 4.79 Å². The number of benzene rings is 1. The fraction of sp³-hybridized carbons (Fsp3) is 0.167. The van der Waals surface area contributed by atoms with Crippen molar-refractivity contribution in [3.63, 3.8) is 0 Å². The third kappa shape index (κ3) is 2.27. The van der Waals surface area contributed by atoms with Crippen molar-refractivity contribution in [3.8, 4) is 11.5 Å². The van der Waals surface area contributed by atoms with E-state index in [-0.39, 0.29) is 34.5 Å². The summed E-state index contributed by atoms with van der Waals surface area (Å²) in [5, 5.41) is 9.77. The number of hydrogen-bond acceptors (Lipinski definition) is 6. The molecular formula is C12H10O6. The number of phenols is 1. The molecular weight excluding hydrogens is 240 g/mol. The van der Waals surface area contributed by atoms with E-state index in [1.807, 2.05) is 0 Å². The summed E-state index contributed by atoms with van der Waals surface area (Å²) in [6, 6.07) is 3.86. The molecule has 6 nitrogen and oxygen atoms in total. The smallest absolute Gasteiger partial charge is 0.343 e. The molecule has 94 valence electrons. The third-order valence-electron chi connectivity index (χ3n) is 2.30. The van der Waals surface area contributed by atoms with Crippen molar-refractivity contribution in [3.05, 3.63) is 34.7 Å². The monoisotopic (exact) mass is 250 g/mol. The standard InChI is InChI=1S/C12H10O6/c1-16-11(15)6-18-7-4-9(14)12-8(13)2-3-17-10(12)5-7/h2-5,14H,6H2,1H3. The van der Waals surface area contributed by atoms with Crippen molar-refractivity contribution in [1.29, 1.82) is 0 Å². The quantitative estimate of drug-likeness (QED) is 0.819. The first-order valence-corrected chi connectivity index (χ1v) is 5.06. The SMILES string of the molecule is COC(=O)COc1cc(O)c2c(=O)ccoc2c1. The van der Waals surface area contributed by atoms with E-state index in [1.165, 1.54) is 31.6 Å². The van der Waals surface area contributed by atoms with E-state index in [9.17, 15) is 14.7 Å². The van der Waals surface area contributed by atoms with Gasteiger partial charge < -0.3 is 19.0 Å². The van der Waals surface area contributed by atoms with E-state index >= 15 is 0 Å². The molecule has 1 heterocycles. The molecule has 6 heteroatoms. The number of esters is 1. The maximum absolute atomic E-state index is 11.5. The second-order valence-corrected chi connectivity index (χ2v) is 3.47. The van der Waals surface area contributed by atoms with Crippen LogP contribution in [0.15, 0.2) is 33.7 Å². The van der Waals surface area contributed by atoms with Crippen LogP contribution in [0.1, 0.15) is 0 Å². The van der Waals surface area contributed by atoms with Gasteiger partial charge in [0.25, 0.3) is 0 Å². The molecule has 0 saturated heterocycles. The van der Waals surface area contributed by atoms with Gasteiger partial charge >= 0.3 is 5.97 Å². The van der Waals surface area contributed by atoms with E-state index in [0.717, 1.165) is 0 Å². The van der Waals surface area contributed by atoms with Crippen molar-refractivity contribution in [1.82, 2.24) is 0 Å². The van der Waals surface area contributed by atoms with Gasteiger partial charge in [0.05, 0.1) is 13.4 Å². The number of aromatic hydroxyl groups is 1. The van der Waals surface area contributed by atoms with Gasteiger partial charge in [0, 0.05) is 18.2 Å². The number of methoxy groups -OCH3 is 1. The summed E-state index contributed by atoms with van der Waals surface area (Å²) in [6.07, 6.45) is 1.22. The van der Waals surface area contributed by atoms with Crippen LogP contribution in [0.25, 0.3) is 11.0 Å². The van der Waals surface area contributed by atoms with E-state index in [1.54, 1.807) is 0 Å². The lowest BCUT2D eigenvalue weighted by Gasteiger charge is -2.06. The Labute approximate surface area is 101 Å². The molecule has 0 radical (unpaired) electrons. The van der Waals surface area contributed by atoms with Crippen molar-refractivity contribution in [2.24, 2.45) is 0 Å². The number of phenolic OH excluding ortho intramolecular Hbond substituents is 1. The maximum atomic E-state index is 11.5. The van der Waals surface area contributed by atoms with Gasteiger partial charge in [0.15, 0.2) is 12.0 Å². The Kier molecular flexibility index (Phi) is 3.18. The number of rotatable bonds is 3. The maximum Gasteiger partial charge on any atom is 0.343 e. The second-order valence-electron chi connectivity index (χ2n) is 3.47. The Morgan fingerprint density at radius 2 is 2.22 bits per heavy atom. The van der Waals surface area contributed by atoms with Gasteiger partial charge in [0.2, 0.25) is 0 Å². The molecule has 1 N–H and O–H groups in total. The Morgan fingerprint density at radius 3 is 2.94 bits per heavy atom. The highest BCUT2D eigenvalue weighted by molar-refractivity contribution is 5.84. The molecule has 0 amide bonds. The number of carbonyl (C=O) groups is 1. The molecule has 0 fully saturated rings. The Bertz CT molecular complexity index is 643. The highest BCUT2D eigenvalue weighted by Gasteiger charge is 2.10. The van der Waals surface area contributed by atoms with Crippen LogP contribution in [0, 0.1) is 0 Å². The fourth-order valence-electron chi connectivity index (χ4n) is 1.45. The molecule has 0 saturated carbocycles. The van der Waals surface area contributed by atoms with Gasteiger partial charge in [-0.1, -0.05) is 0 Å². The van der Waals surface area contributed by atoms with Crippen LogP contribution < -0.4 is 10.2 Å². The Balaban J connectivity index is 2.38. The second kappa shape index (κ2) is 4.79. The molecule has 2 rings (SSSR count). The number of hydrogen-bond donors (Lipinski definition) is 1. The minimum atomic E-state index is -0.552. The zero-order chi connectivity index (χ0) is 13.1. The molecule has 1 aromatic heterocycles. The summed E-state index contributed by atoms with van der Waals surface area (Å²) in [6.45, 7) is -0.293. The molecule has 0 bridgehead atoms. The molecule has 0 spiro atoms. The summed E-state index contributed by atoms with van der Waals surface area (Å²) in [7, 11) is 1.24. The third-order valence-corrected chi connectivity index (χ3v) is 2.30. The van der Waals surface area contributed by atoms with Crippen molar-refractivity contribution < 1.29 is 23.8 Å². The van der Waals surface area contributed by atoms with E-state index in [2.05, 4.69) is 4.74 Å². The highest BCUT2D eigenvalue weighted by Crippen LogP contribution is 2.27. The summed E-state index contributed by atoms with van der Waals surface area (Å²) in [5.74, 6) is -0.606. The molecule has 18 heavy (non-hydrogen) atoms. The van der Waals surface area contributed by atoms with Crippen LogP contribution in [-0.2, 0) is 9.53 Å². The van der Waals surface area contributed by atoms with Gasteiger partial charge in [-0.3, -0.25) is 4.79 Å². The first kappa shape index (κ1) is 12.0. The van der Waals surface area contributed by atoms with E-state index in [0.29, 0.717) is 0 Å². The van der Waals surface area contributed by atoms with Crippen molar-refractivity contribution >= 4 is 16.9 Å². The van der Waals surface area contributed by atoms with Crippen LogP contribution in [0.4, 0.5) is 0 Å². The average molecular weight is 250 g/mol. The molecule has 0 unspecified atom stereocenters. The van der Waals surface area contributed by atoms with Gasteiger partial charge in [-0.05, 0) is 0 Å². The Hall–Kier alpha value is -2.50. The number of ether oxygens (including phenoxy) is 2. The average Bonchev–Trinajstić information content (AvgIpc) is 2.35. The summed E-state index contributed by atoms with van der Waals surface area (Å²) < 4.78 is 14.6. The zero-order valence-electron chi connectivity index (χ0n) is 9.50. The first-order valence-electron chi connectivity index (χ1n) is 5.06. The molecule has 0 aliphatic heterocycles. The minimum absolute atomic E-state index is 0.0721. The molecule has 0 aliphatic rings. The lowest BCUT2D eigenvalue weighted by atomic mass is 10.2. The summed E-state index contributed by atoms with van der Waals surface area (Å²) in [5.41, 5.74) is -0.171. The molecule has 1 aromatic carbocycles. The molecule has 2 aromatic rings. The van der Waals surface area contributed by atoms with Gasteiger partial charge in [-0.15, -0.1) is 0 Å². The summed E-state index contributed by atoms with van der Waals surface area (Å²) in [4.78, 5) is 22.4. The predicted octanol–water partition coefficient (Wildman–Crippen LogP) is 1.05. The van der Waals surface area contributed by atoms with Crippen molar-refractivity contribution in [2.45, 2.75) is 0 Å². The Morgan fingerprint density at radius 1 is 1.44 bits per heavy atom. The van der Waals surface area contributed by atoms with Gasteiger partial charge in [-0.2, -0.15) is 0 Å². The van der Waals surface area contributed by atoms with Crippen LogP contribution >= 0.6 is 0 Å². The van der Waals surface area contributed by atoms with E-state index < -0.39 is 5.97 Å².